The molecular weight excluding hydrogens is 208 g/mol. The second-order valence-corrected chi connectivity index (χ2v) is 4.01. The van der Waals surface area contributed by atoms with Crippen LogP contribution in [0.3, 0.4) is 0 Å². The van der Waals surface area contributed by atoms with Crippen molar-refractivity contribution in [1.29, 1.82) is 0 Å². The molecule has 1 aromatic rings. The summed E-state index contributed by atoms with van der Waals surface area (Å²) in [6.45, 7) is 5.16. The van der Waals surface area contributed by atoms with Gasteiger partial charge in [0.15, 0.2) is 11.6 Å². The summed E-state index contributed by atoms with van der Waals surface area (Å²) in [5, 5.41) is 3.39. The van der Waals surface area contributed by atoms with Crippen LogP contribution in [-0.2, 0) is 6.42 Å². The first kappa shape index (κ1) is 13.1. The first-order valence-corrected chi connectivity index (χ1v) is 5.84. The quantitative estimate of drug-likeness (QED) is 0.786. The van der Waals surface area contributed by atoms with Gasteiger partial charge >= 0.3 is 0 Å². The Kier molecular flexibility index (Phi) is 5.39. The van der Waals surface area contributed by atoms with Crippen LogP contribution in [0.15, 0.2) is 18.2 Å². The Balaban J connectivity index is 2.59. The van der Waals surface area contributed by atoms with Crippen molar-refractivity contribution in [3.8, 4) is 0 Å². The summed E-state index contributed by atoms with van der Waals surface area (Å²) in [5.41, 5.74) is 0.842. The van der Waals surface area contributed by atoms with Crippen LogP contribution in [0.5, 0.6) is 0 Å². The molecule has 1 aromatic carbocycles. The number of rotatable bonds is 6. The Morgan fingerprint density at radius 3 is 2.50 bits per heavy atom. The first-order valence-electron chi connectivity index (χ1n) is 5.84. The van der Waals surface area contributed by atoms with Crippen LogP contribution < -0.4 is 5.32 Å². The molecule has 0 fully saturated rings. The zero-order chi connectivity index (χ0) is 12.0. The fourth-order valence-corrected chi connectivity index (χ4v) is 1.66. The normalized spacial score (nSPS) is 12.8. The smallest absolute Gasteiger partial charge is 0.159 e. The van der Waals surface area contributed by atoms with Crippen molar-refractivity contribution >= 4 is 0 Å². The third-order valence-electron chi connectivity index (χ3n) is 2.64. The Morgan fingerprint density at radius 2 is 1.94 bits per heavy atom. The lowest BCUT2D eigenvalue weighted by Gasteiger charge is -2.16. The van der Waals surface area contributed by atoms with E-state index in [0.717, 1.165) is 31.4 Å². The molecule has 16 heavy (non-hydrogen) atoms. The Morgan fingerprint density at radius 1 is 1.19 bits per heavy atom. The van der Waals surface area contributed by atoms with Gasteiger partial charge in [-0.2, -0.15) is 0 Å². The van der Waals surface area contributed by atoms with Crippen LogP contribution >= 0.6 is 0 Å². The monoisotopic (exact) mass is 227 g/mol. The second kappa shape index (κ2) is 6.59. The van der Waals surface area contributed by atoms with Gasteiger partial charge < -0.3 is 5.32 Å². The predicted octanol–water partition coefficient (Wildman–Crippen LogP) is 3.29. The van der Waals surface area contributed by atoms with Gasteiger partial charge in [-0.3, -0.25) is 0 Å². The van der Waals surface area contributed by atoms with Crippen molar-refractivity contribution in [3.63, 3.8) is 0 Å². The molecule has 3 heteroatoms. The van der Waals surface area contributed by atoms with E-state index >= 15 is 0 Å². The summed E-state index contributed by atoms with van der Waals surface area (Å²) >= 11 is 0. The van der Waals surface area contributed by atoms with Crippen molar-refractivity contribution in [1.82, 2.24) is 5.32 Å². The molecule has 0 amide bonds. The predicted molar refractivity (Wildman–Crippen MR) is 62.4 cm³/mol. The lowest BCUT2D eigenvalue weighted by molar-refractivity contribution is 0.485. The van der Waals surface area contributed by atoms with Crippen LogP contribution in [-0.4, -0.2) is 12.6 Å². The average molecular weight is 227 g/mol. The minimum atomic E-state index is -0.779. The molecule has 0 saturated carbocycles. The van der Waals surface area contributed by atoms with Crippen molar-refractivity contribution in [2.24, 2.45) is 0 Å². The SMILES string of the molecule is CCCNC(CC)Cc1ccc(F)c(F)c1. The number of nitrogens with one attached hydrogen (secondary N) is 1. The zero-order valence-electron chi connectivity index (χ0n) is 9.89. The van der Waals surface area contributed by atoms with E-state index in [-0.39, 0.29) is 0 Å². The van der Waals surface area contributed by atoms with E-state index in [9.17, 15) is 8.78 Å². The van der Waals surface area contributed by atoms with Crippen molar-refractivity contribution in [2.45, 2.75) is 39.2 Å². The van der Waals surface area contributed by atoms with E-state index in [4.69, 9.17) is 0 Å². The van der Waals surface area contributed by atoms with E-state index in [1.807, 2.05) is 0 Å². The maximum atomic E-state index is 13.0. The summed E-state index contributed by atoms with van der Waals surface area (Å²) in [5.74, 6) is -1.54. The Bertz CT molecular complexity index is 326. The highest BCUT2D eigenvalue weighted by molar-refractivity contribution is 5.18. The molecule has 1 rings (SSSR count). The molecule has 1 N–H and O–H groups in total. The molecule has 0 spiro atoms. The van der Waals surface area contributed by atoms with Crippen molar-refractivity contribution < 1.29 is 8.78 Å². The standard InChI is InChI=1S/C13H19F2N/c1-3-7-16-11(4-2)8-10-5-6-12(14)13(15)9-10/h5-6,9,11,16H,3-4,7-8H2,1-2H3. The van der Waals surface area contributed by atoms with E-state index in [0.29, 0.717) is 6.04 Å². The maximum absolute atomic E-state index is 13.0. The van der Waals surface area contributed by atoms with Gasteiger partial charge in [0.25, 0.3) is 0 Å². The lowest BCUT2D eigenvalue weighted by atomic mass is 10.0. The molecule has 0 aromatic heterocycles. The third kappa shape index (κ3) is 3.89. The van der Waals surface area contributed by atoms with Crippen LogP contribution in [0.4, 0.5) is 8.78 Å². The van der Waals surface area contributed by atoms with Crippen LogP contribution in [0.1, 0.15) is 32.3 Å². The fourth-order valence-electron chi connectivity index (χ4n) is 1.66. The molecular formula is C13H19F2N. The molecule has 1 atom stereocenters. The van der Waals surface area contributed by atoms with Crippen molar-refractivity contribution in [3.05, 3.63) is 35.4 Å². The average Bonchev–Trinajstić information content (AvgIpc) is 2.29. The van der Waals surface area contributed by atoms with Crippen LogP contribution in [0.2, 0.25) is 0 Å². The van der Waals surface area contributed by atoms with Gasteiger partial charge in [-0.05, 0) is 43.5 Å². The van der Waals surface area contributed by atoms with Gasteiger partial charge in [0.05, 0.1) is 0 Å². The summed E-state index contributed by atoms with van der Waals surface area (Å²) in [6.07, 6.45) is 2.81. The number of hydrogen-bond acceptors (Lipinski definition) is 1. The molecule has 0 radical (unpaired) electrons. The molecule has 0 aliphatic rings. The molecule has 0 saturated heterocycles. The molecule has 0 heterocycles. The van der Waals surface area contributed by atoms with Gasteiger partial charge in [-0.15, -0.1) is 0 Å². The molecule has 90 valence electrons. The molecule has 0 aliphatic carbocycles. The summed E-state index contributed by atoms with van der Waals surface area (Å²) in [6, 6.07) is 4.46. The number of hydrogen-bond donors (Lipinski definition) is 1. The van der Waals surface area contributed by atoms with Gasteiger partial charge in [-0.1, -0.05) is 19.9 Å². The van der Waals surface area contributed by atoms with Gasteiger partial charge in [0, 0.05) is 6.04 Å². The first-order chi connectivity index (χ1) is 7.67. The van der Waals surface area contributed by atoms with Gasteiger partial charge in [0.2, 0.25) is 0 Å². The summed E-state index contributed by atoms with van der Waals surface area (Å²) < 4.78 is 25.7. The van der Waals surface area contributed by atoms with E-state index in [1.54, 1.807) is 6.07 Å². The largest absolute Gasteiger partial charge is 0.314 e. The van der Waals surface area contributed by atoms with Crippen molar-refractivity contribution in [2.75, 3.05) is 6.54 Å². The van der Waals surface area contributed by atoms with E-state index in [2.05, 4.69) is 19.2 Å². The fraction of sp³-hybridized carbons (Fsp3) is 0.538. The second-order valence-electron chi connectivity index (χ2n) is 4.01. The highest BCUT2D eigenvalue weighted by Gasteiger charge is 2.08. The zero-order valence-corrected chi connectivity index (χ0v) is 9.89. The third-order valence-corrected chi connectivity index (χ3v) is 2.64. The molecule has 1 nitrogen and oxygen atoms in total. The molecule has 1 unspecified atom stereocenters. The number of benzene rings is 1. The Hall–Kier alpha value is -0.960. The van der Waals surface area contributed by atoms with E-state index in [1.165, 1.54) is 12.1 Å². The van der Waals surface area contributed by atoms with E-state index < -0.39 is 11.6 Å². The molecule has 0 bridgehead atoms. The van der Waals surface area contributed by atoms with Crippen LogP contribution in [0, 0.1) is 11.6 Å². The summed E-state index contributed by atoms with van der Waals surface area (Å²) in [7, 11) is 0. The molecule has 0 aliphatic heterocycles. The number of halogens is 2. The minimum Gasteiger partial charge on any atom is -0.314 e. The summed E-state index contributed by atoms with van der Waals surface area (Å²) in [4.78, 5) is 0. The Labute approximate surface area is 95.9 Å². The highest BCUT2D eigenvalue weighted by atomic mass is 19.2. The highest BCUT2D eigenvalue weighted by Crippen LogP contribution is 2.11. The lowest BCUT2D eigenvalue weighted by Crippen LogP contribution is -2.31. The minimum absolute atomic E-state index is 0.338. The van der Waals surface area contributed by atoms with Gasteiger partial charge in [-0.25, -0.2) is 8.78 Å². The van der Waals surface area contributed by atoms with Crippen LogP contribution in [0.25, 0.3) is 0 Å². The van der Waals surface area contributed by atoms with Gasteiger partial charge in [0.1, 0.15) is 0 Å². The topological polar surface area (TPSA) is 12.0 Å². The maximum Gasteiger partial charge on any atom is 0.159 e.